The predicted molar refractivity (Wildman–Crippen MR) is 64.3 cm³/mol. The zero-order chi connectivity index (χ0) is 11.8. The first-order valence-corrected chi connectivity index (χ1v) is 5.50. The van der Waals surface area contributed by atoms with Crippen LogP contribution in [0.15, 0.2) is 24.5 Å². The third kappa shape index (κ3) is 4.89. The summed E-state index contributed by atoms with van der Waals surface area (Å²) in [7, 11) is 0. The van der Waals surface area contributed by atoms with Gasteiger partial charge in [-0.25, -0.2) is 4.98 Å². The monoisotopic (exact) mass is 221 g/mol. The van der Waals surface area contributed by atoms with Crippen LogP contribution in [-0.2, 0) is 6.54 Å². The topological polar surface area (TPSA) is 47.0 Å². The van der Waals surface area contributed by atoms with Crippen LogP contribution in [0, 0.1) is 0 Å². The van der Waals surface area contributed by atoms with Gasteiger partial charge in [0.1, 0.15) is 6.61 Å². The fourth-order valence-corrected chi connectivity index (χ4v) is 1.08. The minimum Gasteiger partial charge on any atom is -0.472 e. The Morgan fingerprint density at radius 2 is 2.25 bits per heavy atom. The van der Waals surface area contributed by atoms with Gasteiger partial charge in [0.05, 0.1) is 11.9 Å². The van der Waals surface area contributed by atoms with Crippen molar-refractivity contribution in [1.29, 1.82) is 0 Å². The van der Waals surface area contributed by atoms with Gasteiger partial charge in [-0.1, -0.05) is 26.0 Å². The van der Waals surface area contributed by atoms with E-state index in [9.17, 15) is 0 Å². The van der Waals surface area contributed by atoms with E-state index in [1.807, 2.05) is 19.1 Å². The molecule has 1 N–H and O–H groups in total. The average Bonchev–Trinajstić information content (AvgIpc) is 2.27. The zero-order valence-corrected chi connectivity index (χ0v) is 10.1. The van der Waals surface area contributed by atoms with Crippen molar-refractivity contribution in [3.63, 3.8) is 0 Å². The maximum atomic E-state index is 5.41. The maximum absolute atomic E-state index is 5.41. The second-order valence-electron chi connectivity index (χ2n) is 3.76. The van der Waals surface area contributed by atoms with Crippen molar-refractivity contribution in [2.24, 2.45) is 0 Å². The summed E-state index contributed by atoms with van der Waals surface area (Å²) < 4.78 is 5.41. The van der Waals surface area contributed by atoms with Gasteiger partial charge in [0, 0.05) is 18.8 Å². The second-order valence-corrected chi connectivity index (χ2v) is 3.76. The van der Waals surface area contributed by atoms with Crippen LogP contribution < -0.4 is 10.1 Å². The normalized spacial score (nSPS) is 11.2. The fourth-order valence-electron chi connectivity index (χ4n) is 1.08. The average molecular weight is 221 g/mol. The van der Waals surface area contributed by atoms with Crippen molar-refractivity contribution in [1.82, 2.24) is 15.3 Å². The van der Waals surface area contributed by atoms with E-state index >= 15 is 0 Å². The minimum atomic E-state index is 0.439. The molecule has 0 aromatic carbocycles. The highest BCUT2D eigenvalue weighted by molar-refractivity contribution is 5.08. The van der Waals surface area contributed by atoms with Gasteiger partial charge in [-0.05, 0) is 6.92 Å². The van der Waals surface area contributed by atoms with E-state index in [2.05, 4.69) is 29.1 Å². The second kappa shape index (κ2) is 6.95. The van der Waals surface area contributed by atoms with Crippen LogP contribution in [-0.4, -0.2) is 22.6 Å². The van der Waals surface area contributed by atoms with Crippen molar-refractivity contribution >= 4 is 0 Å². The van der Waals surface area contributed by atoms with Gasteiger partial charge in [0.25, 0.3) is 0 Å². The number of hydrogen-bond donors (Lipinski definition) is 1. The van der Waals surface area contributed by atoms with E-state index in [0.29, 0.717) is 25.1 Å². The number of allylic oxidation sites excluding steroid dienone is 1. The molecule has 0 saturated carbocycles. The molecular formula is C12H19N3O. The van der Waals surface area contributed by atoms with E-state index < -0.39 is 0 Å². The number of ether oxygens (including phenoxy) is 1. The van der Waals surface area contributed by atoms with E-state index in [0.717, 1.165) is 5.69 Å². The number of hydrogen-bond acceptors (Lipinski definition) is 4. The highest BCUT2D eigenvalue weighted by Crippen LogP contribution is 2.05. The van der Waals surface area contributed by atoms with Gasteiger partial charge < -0.3 is 10.1 Å². The molecule has 0 bridgehead atoms. The Balaban J connectivity index is 2.50. The molecule has 0 aliphatic heterocycles. The fraction of sp³-hybridized carbons (Fsp3) is 0.500. The summed E-state index contributed by atoms with van der Waals surface area (Å²) in [5.74, 6) is 0.571. The summed E-state index contributed by atoms with van der Waals surface area (Å²) in [5, 5.41) is 3.28. The molecule has 4 nitrogen and oxygen atoms in total. The highest BCUT2D eigenvalue weighted by Gasteiger charge is 2.00. The molecule has 0 atom stereocenters. The van der Waals surface area contributed by atoms with Crippen LogP contribution in [0.3, 0.4) is 0 Å². The maximum Gasteiger partial charge on any atom is 0.232 e. The van der Waals surface area contributed by atoms with Gasteiger partial charge in [0.15, 0.2) is 0 Å². The quantitative estimate of drug-likeness (QED) is 0.746. The van der Waals surface area contributed by atoms with Crippen molar-refractivity contribution < 1.29 is 4.74 Å². The largest absolute Gasteiger partial charge is 0.472 e. The molecule has 0 saturated heterocycles. The Labute approximate surface area is 96.8 Å². The van der Waals surface area contributed by atoms with Crippen LogP contribution in [0.2, 0.25) is 0 Å². The van der Waals surface area contributed by atoms with Crippen LogP contribution in [0.4, 0.5) is 0 Å². The van der Waals surface area contributed by atoms with E-state index in [4.69, 9.17) is 4.74 Å². The third-order valence-electron chi connectivity index (χ3n) is 1.92. The lowest BCUT2D eigenvalue weighted by Gasteiger charge is -2.08. The molecule has 0 aliphatic carbocycles. The number of nitrogens with zero attached hydrogens (tertiary/aromatic N) is 2. The van der Waals surface area contributed by atoms with E-state index in [1.54, 1.807) is 12.4 Å². The molecule has 0 unspecified atom stereocenters. The lowest BCUT2D eigenvalue weighted by atomic mass is 10.3. The predicted octanol–water partition coefficient (Wildman–Crippen LogP) is 1.93. The van der Waals surface area contributed by atoms with Crippen molar-refractivity contribution in [2.75, 3.05) is 6.61 Å². The Hall–Kier alpha value is -1.42. The Morgan fingerprint density at radius 3 is 2.94 bits per heavy atom. The molecule has 1 aromatic rings. The summed E-state index contributed by atoms with van der Waals surface area (Å²) in [5.41, 5.74) is 0.895. The SMILES string of the molecule is CC=CCOc1cncc(CNC(C)C)n1. The molecule has 0 aliphatic rings. The van der Waals surface area contributed by atoms with E-state index in [-0.39, 0.29) is 0 Å². The third-order valence-corrected chi connectivity index (χ3v) is 1.92. The van der Waals surface area contributed by atoms with Crippen LogP contribution >= 0.6 is 0 Å². The first-order valence-electron chi connectivity index (χ1n) is 5.50. The molecule has 1 heterocycles. The van der Waals surface area contributed by atoms with Crippen molar-refractivity contribution in [3.05, 3.63) is 30.2 Å². The molecule has 0 spiro atoms. The van der Waals surface area contributed by atoms with Crippen molar-refractivity contribution in [2.45, 2.75) is 33.4 Å². The molecule has 88 valence electrons. The molecule has 16 heavy (non-hydrogen) atoms. The van der Waals surface area contributed by atoms with E-state index in [1.165, 1.54) is 0 Å². The molecule has 4 heteroatoms. The summed E-state index contributed by atoms with van der Waals surface area (Å²) in [4.78, 5) is 8.43. The van der Waals surface area contributed by atoms with Crippen LogP contribution in [0.25, 0.3) is 0 Å². The van der Waals surface area contributed by atoms with Crippen LogP contribution in [0.1, 0.15) is 26.5 Å². The minimum absolute atomic E-state index is 0.439. The molecule has 1 rings (SSSR count). The van der Waals surface area contributed by atoms with Gasteiger partial charge in [-0.3, -0.25) is 4.98 Å². The smallest absolute Gasteiger partial charge is 0.232 e. The molecular weight excluding hydrogens is 202 g/mol. The first kappa shape index (κ1) is 12.6. The van der Waals surface area contributed by atoms with Gasteiger partial charge >= 0.3 is 0 Å². The number of aromatic nitrogens is 2. The lowest BCUT2D eigenvalue weighted by Crippen LogP contribution is -2.22. The van der Waals surface area contributed by atoms with Gasteiger partial charge in [-0.2, -0.15) is 0 Å². The van der Waals surface area contributed by atoms with Crippen molar-refractivity contribution in [3.8, 4) is 5.88 Å². The first-order chi connectivity index (χ1) is 7.72. The summed E-state index contributed by atoms with van der Waals surface area (Å²) in [6.07, 6.45) is 7.25. The lowest BCUT2D eigenvalue weighted by molar-refractivity contribution is 0.344. The van der Waals surface area contributed by atoms with Gasteiger partial charge in [-0.15, -0.1) is 0 Å². The Bertz CT molecular complexity index is 337. The summed E-state index contributed by atoms with van der Waals surface area (Å²) in [6, 6.07) is 0.439. The number of rotatable bonds is 6. The molecule has 1 aromatic heterocycles. The molecule has 0 radical (unpaired) electrons. The zero-order valence-electron chi connectivity index (χ0n) is 10.1. The molecule has 0 fully saturated rings. The summed E-state index contributed by atoms with van der Waals surface area (Å²) in [6.45, 7) is 7.40. The Morgan fingerprint density at radius 1 is 1.44 bits per heavy atom. The van der Waals surface area contributed by atoms with Crippen LogP contribution in [0.5, 0.6) is 5.88 Å². The van der Waals surface area contributed by atoms with Gasteiger partial charge in [0.2, 0.25) is 5.88 Å². The highest BCUT2D eigenvalue weighted by atomic mass is 16.5. The standard InChI is InChI=1S/C12H19N3O/c1-4-5-6-16-12-9-13-7-11(15-12)8-14-10(2)3/h4-5,7,9-10,14H,6,8H2,1-3H3. The summed E-state index contributed by atoms with van der Waals surface area (Å²) >= 11 is 0. The number of nitrogens with one attached hydrogen (secondary N) is 1. The molecule has 0 amide bonds. The Kier molecular flexibility index (Phi) is 5.50.